The molecule has 144 valence electrons. The SMILES string of the molecule is CC1CN(c2nccnc2C#N)CCN1C(=O)NC1CCC(C(=O)O)CC1. The first kappa shape index (κ1) is 18.9. The standard InChI is InChI=1S/C18H24N6O3/c1-12-11-23(16-15(10-19)20-6-7-21-16)8-9-24(12)18(27)22-14-4-2-13(3-5-14)17(25)26/h6-7,12-14H,2-5,8-9,11H2,1H3,(H,22,27)(H,25,26). The number of amides is 2. The van der Waals surface area contributed by atoms with Crippen LogP contribution in [0, 0.1) is 17.2 Å². The fourth-order valence-corrected chi connectivity index (χ4v) is 3.83. The number of piperazine rings is 1. The number of carbonyl (C=O) groups excluding carboxylic acids is 1. The Bertz CT molecular complexity index is 741. The fraction of sp³-hybridized carbons (Fsp3) is 0.611. The van der Waals surface area contributed by atoms with Crippen LogP contribution in [0.15, 0.2) is 12.4 Å². The lowest BCUT2D eigenvalue weighted by Crippen LogP contribution is -2.58. The van der Waals surface area contributed by atoms with E-state index >= 15 is 0 Å². The largest absolute Gasteiger partial charge is 0.481 e. The maximum atomic E-state index is 12.7. The van der Waals surface area contributed by atoms with Gasteiger partial charge in [0, 0.05) is 44.1 Å². The maximum Gasteiger partial charge on any atom is 0.317 e. The van der Waals surface area contributed by atoms with Crippen molar-refractivity contribution in [1.29, 1.82) is 5.26 Å². The van der Waals surface area contributed by atoms with E-state index < -0.39 is 5.97 Å². The summed E-state index contributed by atoms with van der Waals surface area (Å²) in [6.45, 7) is 3.65. The van der Waals surface area contributed by atoms with Gasteiger partial charge in [-0.05, 0) is 32.6 Å². The van der Waals surface area contributed by atoms with E-state index in [1.807, 2.05) is 11.8 Å². The van der Waals surface area contributed by atoms with Crippen molar-refractivity contribution in [3.8, 4) is 6.07 Å². The van der Waals surface area contributed by atoms with Gasteiger partial charge in [0.05, 0.1) is 5.92 Å². The van der Waals surface area contributed by atoms with Crippen LogP contribution in [0.5, 0.6) is 0 Å². The number of rotatable bonds is 3. The average Bonchev–Trinajstić information content (AvgIpc) is 2.68. The van der Waals surface area contributed by atoms with E-state index in [9.17, 15) is 14.9 Å². The quantitative estimate of drug-likeness (QED) is 0.817. The Morgan fingerprint density at radius 3 is 2.56 bits per heavy atom. The molecule has 2 heterocycles. The molecule has 2 aliphatic rings. The molecular weight excluding hydrogens is 348 g/mol. The molecule has 1 aliphatic carbocycles. The first-order valence-corrected chi connectivity index (χ1v) is 9.25. The van der Waals surface area contributed by atoms with E-state index in [-0.39, 0.29) is 29.7 Å². The summed E-state index contributed by atoms with van der Waals surface area (Å²) in [6, 6.07) is 1.94. The molecule has 2 amide bonds. The van der Waals surface area contributed by atoms with Gasteiger partial charge in [-0.2, -0.15) is 5.26 Å². The van der Waals surface area contributed by atoms with Gasteiger partial charge in [0.2, 0.25) is 0 Å². The van der Waals surface area contributed by atoms with Crippen molar-refractivity contribution in [3.63, 3.8) is 0 Å². The van der Waals surface area contributed by atoms with Crippen LogP contribution in [-0.4, -0.2) is 63.7 Å². The number of nitriles is 1. The zero-order valence-electron chi connectivity index (χ0n) is 15.3. The molecule has 1 aromatic heterocycles. The summed E-state index contributed by atoms with van der Waals surface area (Å²) in [4.78, 5) is 35.8. The summed E-state index contributed by atoms with van der Waals surface area (Å²) in [5.41, 5.74) is 0.290. The topological polar surface area (TPSA) is 122 Å². The van der Waals surface area contributed by atoms with Crippen molar-refractivity contribution < 1.29 is 14.7 Å². The van der Waals surface area contributed by atoms with E-state index in [1.165, 1.54) is 6.20 Å². The monoisotopic (exact) mass is 372 g/mol. The van der Waals surface area contributed by atoms with Gasteiger partial charge in [-0.1, -0.05) is 0 Å². The fourth-order valence-electron chi connectivity index (χ4n) is 3.83. The van der Waals surface area contributed by atoms with E-state index in [1.54, 1.807) is 11.1 Å². The second kappa shape index (κ2) is 8.20. The van der Waals surface area contributed by atoms with Crippen molar-refractivity contribution >= 4 is 17.8 Å². The Morgan fingerprint density at radius 1 is 1.22 bits per heavy atom. The Kier molecular flexibility index (Phi) is 5.74. The van der Waals surface area contributed by atoms with Gasteiger partial charge in [-0.25, -0.2) is 14.8 Å². The Balaban J connectivity index is 1.55. The minimum absolute atomic E-state index is 0.0310. The van der Waals surface area contributed by atoms with Gasteiger partial charge in [0.1, 0.15) is 6.07 Å². The molecule has 9 nitrogen and oxygen atoms in total. The summed E-state index contributed by atoms with van der Waals surface area (Å²) in [5, 5.41) is 21.3. The molecule has 0 spiro atoms. The van der Waals surface area contributed by atoms with Crippen LogP contribution < -0.4 is 10.2 Å². The number of carboxylic acid groups (broad SMARTS) is 1. The molecule has 2 fully saturated rings. The number of urea groups is 1. The van der Waals surface area contributed by atoms with Crippen molar-refractivity contribution in [2.24, 2.45) is 5.92 Å². The number of nitrogens with zero attached hydrogens (tertiary/aromatic N) is 5. The zero-order chi connectivity index (χ0) is 19.4. The smallest absolute Gasteiger partial charge is 0.317 e. The third-order valence-electron chi connectivity index (χ3n) is 5.38. The molecule has 1 saturated heterocycles. The van der Waals surface area contributed by atoms with Gasteiger partial charge in [0.15, 0.2) is 11.5 Å². The minimum Gasteiger partial charge on any atom is -0.481 e. The maximum absolute atomic E-state index is 12.7. The number of carboxylic acids is 1. The lowest BCUT2D eigenvalue weighted by atomic mass is 9.86. The van der Waals surface area contributed by atoms with Gasteiger partial charge in [-0.15, -0.1) is 0 Å². The Morgan fingerprint density at radius 2 is 1.93 bits per heavy atom. The number of carbonyl (C=O) groups is 2. The van der Waals surface area contributed by atoms with Crippen LogP contribution in [0.2, 0.25) is 0 Å². The van der Waals surface area contributed by atoms with Gasteiger partial charge in [0.25, 0.3) is 0 Å². The van der Waals surface area contributed by atoms with Gasteiger partial charge >= 0.3 is 12.0 Å². The van der Waals surface area contributed by atoms with Crippen LogP contribution in [0.1, 0.15) is 38.3 Å². The van der Waals surface area contributed by atoms with E-state index in [2.05, 4.69) is 21.4 Å². The summed E-state index contributed by atoms with van der Waals surface area (Å²) in [5.74, 6) is -0.480. The molecule has 27 heavy (non-hydrogen) atoms. The summed E-state index contributed by atoms with van der Waals surface area (Å²) in [7, 11) is 0. The molecule has 3 rings (SSSR count). The highest BCUT2D eigenvalue weighted by atomic mass is 16.4. The highest BCUT2D eigenvalue weighted by Crippen LogP contribution is 2.25. The second-order valence-corrected chi connectivity index (χ2v) is 7.17. The van der Waals surface area contributed by atoms with Crippen molar-refractivity contribution in [1.82, 2.24) is 20.2 Å². The summed E-state index contributed by atoms with van der Waals surface area (Å²) >= 11 is 0. The Hall–Kier alpha value is -2.89. The molecule has 1 aromatic rings. The molecular formula is C18H24N6O3. The highest BCUT2D eigenvalue weighted by Gasteiger charge is 2.32. The molecule has 9 heteroatoms. The lowest BCUT2D eigenvalue weighted by Gasteiger charge is -2.41. The van der Waals surface area contributed by atoms with Crippen molar-refractivity contribution in [2.75, 3.05) is 24.5 Å². The highest BCUT2D eigenvalue weighted by molar-refractivity contribution is 5.75. The molecule has 1 aliphatic heterocycles. The zero-order valence-corrected chi connectivity index (χ0v) is 15.3. The molecule has 0 radical (unpaired) electrons. The van der Waals surface area contributed by atoms with Gasteiger partial charge in [-0.3, -0.25) is 4.79 Å². The van der Waals surface area contributed by atoms with Crippen LogP contribution in [0.3, 0.4) is 0 Å². The third-order valence-corrected chi connectivity index (χ3v) is 5.38. The number of hydrogen-bond acceptors (Lipinski definition) is 6. The first-order chi connectivity index (χ1) is 13.0. The molecule has 1 saturated carbocycles. The van der Waals surface area contributed by atoms with Crippen molar-refractivity contribution in [2.45, 2.75) is 44.7 Å². The molecule has 0 aromatic carbocycles. The van der Waals surface area contributed by atoms with E-state index in [0.29, 0.717) is 51.1 Å². The predicted octanol–water partition coefficient (Wildman–Crippen LogP) is 1.21. The van der Waals surface area contributed by atoms with Crippen LogP contribution >= 0.6 is 0 Å². The number of aliphatic carboxylic acids is 1. The average molecular weight is 372 g/mol. The predicted molar refractivity (Wildman–Crippen MR) is 97.0 cm³/mol. The molecule has 2 N–H and O–H groups in total. The number of anilines is 1. The molecule has 1 atom stereocenters. The molecule has 0 bridgehead atoms. The minimum atomic E-state index is -0.745. The number of hydrogen-bond donors (Lipinski definition) is 2. The third kappa shape index (κ3) is 4.27. The summed E-state index contributed by atoms with van der Waals surface area (Å²) < 4.78 is 0. The van der Waals surface area contributed by atoms with E-state index in [4.69, 9.17) is 5.11 Å². The number of nitrogens with one attached hydrogen (secondary N) is 1. The molecule has 1 unspecified atom stereocenters. The van der Waals surface area contributed by atoms with Gasteiger partial charge < -0.3 is 20.2 Å². The van der Waals surface area contributed by atoms with Crippen LogP contribution in [-0.2, 0) is 4.79 Å². The summed E-state index contributed by atoms with van der Waals surface area (Å²) in [6.07, 6.45) is 5.66. The van der Waals surface area contributed by atoms with Crippen LogP contribution in [0.25, 0.3) is 0 Å². The van der Waals surface area contributed by atoms with E-state index in [0.717, 1.165) is 0 Å². The Labute approximate surface area is 158 Å². The second-order valence-electron chi connectivity index (χ2n) is 7.17. The number of aromatic nitrogens is 2. The van der Waals surface area contributed by atoms with Crippen molar-refractivity contribution in [3.05, 3.63) is 18.1 Å². The normalized spacial score (nSPS) is 25.6. The van der Waals surface area contributed by atoms with Crippen LogP contribution in [0.4, 0.5) is 10.6 Å². The first-order valence-electron chi connectivity index (χ1n) is 9.25. The lowest BCUT2D eigenvalue weighted by molar-refractivity contribution is -0.142.